The summed E-state index contributed by atoms with van der Waals surface area (Å²) in [5, 5.41) is 18.0. The predicted molar refractivity (Wildman–Crippen MR) is 75.5 cm³/mol. The number of rotatable bonds is 8. The Morgan fingerprint density at radius 3 is 2.90 bits per heavy atom. The fourth-order valence-corrected chi connectivity index (χ4v) is 1.82. The second-order valence-corrected chi connectivity index (χ2v) is 4.58. The third kappa shape index (κ3) is 4.90. The van der Waals surface area contributed by atoms with Crippen molar-refractivity contribution in [3.05, 3.63) is 29.8 Å². The summed E-state index contributed by atoms with van der Waals surface area (Å²) in [6.45, 7) is 2.99. The van der Waals surface area contributed by atoms with Gasteiger partial charge in [0.2, 0.25) is 0 Å². The van der Waals surface area contributed by atoms with Gasteiger partial charge in [-0.1, -0.05) is 19.1 Å². The molecule has 0 heterocycles. The summed E-state index contributed by atoms with van der Waals surface area (Å²) < 4.78 is 5.55. The molecule has 0 aliphatic heterocycles. The van der Waals surface area contributed by atoms with Gasteiger partial charge in [0.1, 0.15) is 11.8 Å². The summed E-state index contributed by atoms with van der Waals surface area (Å²) in [5.41, 5.74) is 0.814. The minimum atomic E-state index is -0.867. The first-order valence-electron chi connectivity index (χ1n) is 6.63. The highest BCUT2D eigenvalue weighted by Crippen LogP contribution is 2.23. The van der Waals surface area contributed by atoms with E-state index in [0.29, 0.717) is 13.2 Å². The summed E-state index contributed by atoms with van der Waals surface area (Å²) in [6, 6.07) is 9.11. The molecule has 20 heavy (non-hydrogen) atoms. The molecule has 1 N–H and O–H groups in total. The van der Waals surface area contributed by atoms with Crippen LogP contribution < -0.4 is 4.74 Å². The lowest BCUT2D eigenvalue weighted by molar-refractivity contribution is -0.137. The van der Waals surface area contributed by atoms with Crippen molar-refractivity contribution in [2.24, 2.45) is 0 Å². The van der Waals surface area contributed by atoms with Gasteiger partial charge < -0.3 is 9.84 Å². The zero-order valence-corrected chi connectivity index (χ0v) is 11.9. The van der Waals surface area contributed by atoms with Crippen molar-refractivity contribution >= 4 is 5.97 Å². The molecule has 0 fully saturated rings. The number of nitrogens with zero attached hydrogens (tertiary/aromatic N) is 2. The lowest BCUT2D eigenvalue weighted by Crippen LogP contribution is -2.26. The van der Waals surface area contributed by atoms with Crippen molar-refractivity contribution in [1.82, 2.24) is 4.90 Å². The SMILES string of the molecule is CCCOc1cccc(C(C#N)N(C)CCC(=O)O)c1. The molecule has 5 nitrogen and oxygen atoms in total. The molecule has 0 aliphatic rings. The molecule has 0 bridgehead atoms. The van der Waals surface area contributed by atoms with Crippen molar-refractivity contribution in [1.29, 1.82) is 5.26 Å². The van der Waals surface area contributed by atoms with Crippen LogP contribution in [0.4, 0.5) is 0 Å². The van der Waals surface area contributed by atoms with E-state index >= 15 is 0 Å². The number of ether oxygens (including phenoxy) is 1. The highest BCUT2D eigenvalue weighted by Gasteiger charge is 2.17. The first-order valence-corrected chi connectivity index (χ1v) is 6.63. The molecule has 0 saturated carbocycles. The van der Waals surface area contributed by atoms with E-state index < -0.39 is 12.0 Å². The van der Waals surface area contributed by atoms with Gasteiger partial charge in [-0.3, -0.25) is 9.69 Å². The molecule has 0 aliphatic carbocycles. The number of carboxylic acid groups (broad SMARTS) is 1. The normalized spacial score (nSPS) is 11.9. The number of carboxylic acids is 1. The van der Waals surface area contributed by atoms with E-state index in [0.717, 1.165) is 17.7 Å². The number of hydrogen-bond acceptors (Lipinski definition) is 4. The van der Waals surface area contributed by atoms with Gasteiger partial charge in [0, 0.05) is 6.54 Å². The Hall–Kier alpha value is -2.06. The zero-order valence-electron chi connectivity index (χ0n) is 11.9. The topological polar surface area (TPSA) is 73.6 Å². The predicted octanol–water partition coefficient (Wildman–Crippen LogP) is 2.45. The maximum absolute atomic E-state index is 10.6. The van der Waals surface area contributed by atoms with Crippen LogP contribution >= 0.6 is 0 Å². The van der Waals surface area contributed by atoms with Gasteiger partial charge in [-0.15, -0.1) is 0 Å². The van der Waals surface area contributed by atoms with E-state index in [1.165, 1.54) is 0 Å². The van der Waals surface area contributed by atoms with Crippen LogP contribution in [0.25, 0.3) is 0 Å². The lowest BCUT2D eigenvalue weighted by atomic mass is 10.1. The van der Waals surface area contributed by atoms with Gasteiger partial charge in [-0.25, -0.2) is 0 Å². The van der Waals surface area contributed by atoms with E-state index in [1.807, 2.05) is 31.2 Å². The van der Waals surface area contributed by atoms with E-state index in [4.69, 9.17) is 9.84 Å². The molecule has 1 aromatic rings. The van der Waals surface area contributed by atoms with E-state index in [-0.39, 0.29) is 6.42 Å². The van der Waals surface area contributed by atoms with Crippen LogP contribution in [0.1, 0.15) is 31.4 Å². The Morgan fingerprint density at radius 2 is 2.30 bits per heavy atom. The van der Waals surface area contributed by atoms with E-state index in [2.05, 4.69) is 6.07 Å². The van der Waals surface area contributed by atoms with Crippen LogP contribution in [0, 0.1) is 11.3 Å². The van der Waals surface area contributed by atoms with Gasteiger partial charge in [0.05, 0.1) is 19.1 Å². The number of nitriles is 1. The molecular formula is C15H20N2O3. The molecule has 1 unspecified atom stereocenters. The standard InChI is InChI=1S/C15H20N2O3/c1-3-9-20-13-6-4-5-12(10-13)14(11-16)17(2)8-7-15(18)19/h4-6,10,14H,3,7-9H2,1-2H3,(H,18,19). The molecule has 1 rings (SSSR count). The Balaban J connectivity index is 2.78. The molecule has 0 amide bonds. The summed E-state index contributed by atoms with van der Waals surface area (Å²) in [5.74, 6) is -0.134. The summed E-state index contributed by atoms with van der Waals surface area (Å²) in [4.78, 5) is 12.3. The fraction of sp³-hybridized carbons (Fsp3) is 0.467. The highest BCUT2D eigenvalue weighted by molar-refractivity contribution is 5.66. The third-order valence-corrected chi connectivity index (χ3v) is 2.89. The Labute approximate surface area is 119 Å². The third-order valence-electron chi connectivity index (χ3n) is 2.89. The van der Waals surface area contributed by atoms with Crippen LogP contribution in [-0.4, -0.2) is 36.2 Å². The first-order chi connectivity index (χ1) is 9.58. The van der Waals surface area contributed by atoms with Crippen LogP contribution in [0.5, 0.6) is 5.75 Å². The summed E-state index contributed by atoms with van der Waals surface area (Å²) in [7, 11) is 1.75. The zero-order chi connectivity index (χ0) is 15.0. The van der Waals surface area contributed by atoms with Gasteiger partial charge in [0.25, 0.3) is 0 Å². The number of aliphatic carboxylic acids is 1. The van der Waals surface area contributed by atoms with Gasteiger partial charge >= 0.3 is 5.97 Å². The lowest BCUT2D eigenvalue weighted by Gasteiger charge is -2.22. The first kappa shape index (κ1) is 16.0. The summed E-state index contributed by atoms with van der Waals surface area (Å²) >= 11 is 0. The highest BCUT2D eigenvalue weighted by atomic mass is 16.5. The second-order valence-electron chi connectivity index (χ2n) is 4.58. The largest absolute Gasteiger partial charge is 0.494 e. The second kappa shape index (κ2) is 8.18. The molecule has 1 aromatic carbocycles. The molecular weight excluding hydrogens is 256 g/mol. The molecule has 1 atom stereocenters. The van der Waals surface area contributed by atoms with Crippen molar-refractivity contribution in [3.8, 4) is 11.8 Å². The molecule has 0 spiro atoms. The fourth-order valence-electron chi connectivity index (χ4n) is 1.82. The van der Waals surface area contributed by atoms with Crippen LogP contribution in [-0.2, 0) is 4.79 Å². The van der Waals surface area contributed by atoms with Crippen molar-refractivity contribution in [2.75, 3.05) is 20.2 Å². The van der Waals surface area contributed by atoms with Crippen LogP contribution in [0.3, 0.4) is 0 Å². The van der Waals surface area contributed by atoms with Crippen molar-refractivity contribution in [3.63, 3.8) is 0 Å². The minimum absolute atomic E-state index is 0.0146. The van der Waals surface area contributed by atoms with Gasteiger partial charge in [0.15, 0.2) is 0 Å². The number of benzene rings is 1. The number of hydrogen-bond donors (Lipinski definition) is 1. The van der Waals surface area contributed by atoms with E-state index in [9.17, 15) is 10.1 Å². The van der Waals surface area contributed by atoms with E-state index in [1.54, 1.807) is 11.9 Å². The monoisotopic (exact) mass is 276 g/mol. The molecule has 0 radical (unpaired) electrons. The summed E-state index contributed by atoms with van der Waals surface area (Å²) in [6.07, 6.45) is 0.936. The quantitative estimate of drug-likeness (QED) is 0.789. The van der Waals surface area contributed by atoms with Gasteiger partial charge in [-0.05, 0) is 31.2 Å². The van der Waals surface area contributed by atoms with Gasteiger partial charge in [-0.2, -0.15) is 5.26 Å². The smallest absolute Gasteiger partial charge is 0.304 e. The average molecular weight is 276 g/mol. The Bertz CT molecular complexity index is 482. The average Bonchev–Trinajstić information content (AvgIpc) is 2.44. The Kier molecular flexibility index (Phi) is 6.54. The maximum atomic E-state index is 10.6. The molecule has 5 heteroatoms. The molecule has 108 valence electrons. The Morgan fingerprint density at radius 1 is 1.55 bits per heavy atom. The van der Waals surface area contributed by atoms with Crippen molar-refractivity contribution in [2.45, 2.75) is 25.8 Å². The minimum Gasteiger partial charge on any atom is -0.494 e. The number of carbonyl (C=O) groups is 1. The van der Waals surface area contributed by atoms with Crippen molar-refractivity contribution < 1.29 is 14.6 Å². The molecule has 0 saturated heterocycles. The van der Waals surface area contributed by atoms with Crippen LogP contribution in [0.15, 0.2) is 24.3 Å². The molecule has 0 aromatic heterocycles. The maximum Gasteiger partial charge on any atom is 0.304 e. The van der Waals surface area contributed by atoms with Crippen LogP contribution in [0.2, 0.25) is 0 Å².